The van der Waals surface area contributed by atoms with E-state index in [0.717, 1.165) is 75.9 Å². The molecule has 5 aliphatic rings. The largest absolute Gasteiger partial charge is 0.494 e. The molecular formula is C43H54F3N3O6. The van der Waals surface area contributed by atoms with E-state index >= 15 is 0 Å². The Hall–Kier alpha value is -3.42. The molecule has 0 spiro atoms. The van der Waals surface area contributed by atoms with Gasteiger partial charge in [-0.05, 0) is 122 Å². The third-order valence-corrected chi connectivity index (χ3v) is 13.6. The van der Waals surface area contributed by atoms with E-state index in [1.165, 1.54) is 42.5 Å². The lowest BCUT2D eigenvalue weighted by Crippen LogP contribution is -2.55. The number of pyridine rings is 1. The van der Waals surface area contributed by atoms with E-state index < -0.39 is 42.4 Å². The topological polar surface area (TPSA) is 108 Å². The highest BCUT2D eigenvalue weighted by molar-refractivity contribution is 5.49. The van der Waals surface area contributed by atoms with Crippen LogP contribution < -0.4 is 14.4 Å². The first-order valence-electron chi connectivity index (χ1n) is 20.1. The molecule has 0 radical (unpaired) electrons. The molecule has 55 heavy (non-hydrogen) atoms. The third-order valence-electron chi connectivity index (χ3n) is 13.6. The van der Waals surface area contributed by atoms with Crippen molar-refractivity contribution >= 4 is 5.69 Å². The van der Waals surface area contributed by atoms with Crippen LogP contribution in [-0.4, -0.2) is 95.1 Å². The number of alkyl halides is 3. The number of hydrogen-bond acceptors (Lipinski definition) is 9. The summed E-state index contributed by atoms with van der Waals surface area (Å²) in [6.45, 7) is 9.17. The van der Waals surface area contributed by atoms with Gasteiger partial charge in [-0.3, -0.25) is 4.90 Å². The summed E-state index contributed by atoms with van der Waals surface area (Å²) in [4.78, 5) is 8.36. The minimum atomic E-state index is -4.65. The van der Waals surface area contributed by atoms with Crippen molar-refractivity contribution in [2.75, 3.05) is 44.2 Å². The Morgan fingerprint density at radius 3 is 2.47 bits per heavy atom. The second-order valence-corrected chi connectivity index (χ2v) is 16.7. The van der Waals surface area contributed by atoms with Gasteiger partial charge in [0.15, 0.2) is 6.10 Å². The Bertz CT molecular complexity index is 1790. The average Bonchev–Trinajstić information content (AvgIpc) is 3.50. The number of aryl methyl sites for hydroxylation is 1. The molecule has 3 aliphatic carbocycles. The first-order chi connectivity index (χ1) is 26.4. The second kappa shape index (κ2) is 15.5. The van der Waals surface area contributed by atoms with Gasteiger partial charge in [-0.2, -0.15) is 13.2 Å². The molecule has 2 saturated carbocycles. The van der Waals surface area contributed by atoms with Crippen LogP contribution in [0.25, 0.3) is 0 Å². The Labute approximate surface area is 321 Å². The molecule has 2 aromatic carbocycles. The van der Waals surface area contributed by atoms with Crippen molar-refractivity contribution in [3.63, 3.8) is 0 Å². The van der Waals surface area contributed by atoms with Crippen molar-refractivity contribution < 1.29 is 42.7 Å². The predicted octanol–water partition coefficient (Wildman–Crippen LogP) is 6.54. The Morgan fingerprint density at radius 1 is 0.927 bits per heavy atom. The van der Waals surface area contributed by atoms with Crippen LogP contribution in [0.2, 0.25) is 0 Å². The van der Waals surface area contributed by atoms with E-state index in [1.807, 2.05) is 24.3 Å². The number of anilines is 1. The number of benzene rings is 2. The van der Waals surface area contributed by atoms with Gasteiger partial charge in [0.2, 0.25) is 5.88 Å². The number of halogens is 3. The molecule has 10 atom stereocenters. The van der Waals surface area contributed by atoms with Crippen molar-refractivity contribution in [1.82, 2.24) is 9.88 Å². The molecule has 8 rings (SSSR count). The van der Waals surface area contributed by atoms with Gasteiger partial charge in [0.1, 0.15) is 29.8 Å². The number of rotatable bonds is 9. The molecule has 0 amide bonds. The minimum Gasteiger partial charge on any atom is -0.494 e. The maximum Gasteiger partial charge on any atom is 0.433 e. The lowest BCUT2D eigenvalue weighted by molar-refractivity contribution is -0.213. The summed E-state index contributed by atoms with van der Waals surface area (Å²) >= 11 is 0. The summed E-state index contributed by atoms with van der Waals surface area (Å²) in [6, 6.07) is 17.8. The minimum absolute atomic E-state index is 0.103. The van der Waals surface area contributed by atoms with Gasteiger partial charge in [-0.1, -0.05) is 31.2 Å². The van der Waals surface area contributed by atoms with Gasteiger partial charge in [0, 0.05) is 44.5 Å². The Kier molecular flexibility index (Phi) is 10.8. The Balaban J connectivity index is 0.811. The van der Waals surface area contributed by atoms with Gasteiger partial charge >= 0.3 is 6.18 Å². The van der Waals surface area contributed by atoms with Crippen LogP contribution in [0.3, 0.4) is 0 Å². The fraction of sp³-hybridized carbons (Fsp3) is 0.605. The van der Waals surface area contributed by atoms with Crippen LogP contribution in [0.4, 0.5) is 18.9 Å². The van der Waals surface area contributed by atoms with E-state index in [9.17, 15) is 28.5 Å². The third kappa shape index (κ3) is 7.69. The summed E-state index contributed by atoms with van der Waals surface area (Å²) in [6.07, 6.45) is -2.56. The van der Waals surface area contributed by atoms with E-state index in [4.69, 9.17) is 14.2 Å². The fourth-order valence-corrected chi connectivity index (χ4v) is 10.4. The SMILES string of the molecule is C[C@H]1O[C@@H](c2ccc(N3CCN(CCCOc4ccc5c(c4)CC[C@@H]4[C@@H]5CC[C@]5(C)[C@@H](O)CC[C@@H]45)CC3)cc2)[C@H](Oc2cccc(C(F)(F)F)n2)[C@@H](O)[C@H]1O. The molecule has 3 N–H and O–H groups in total. The molecule has 2 saturated heterocycles. The lowest BCUT2D eigenvalue weighted by atomic mass is 9.55. The summed E-state index contributed by atoms with van der Waals surface area (Å²) < 4.78 is 58.0. The van der Waals surface area contributed by atoms with Crippen LogP contribution in [0.15, 0.2) is 60.7 Å². The number of aromatic nitrogens is 1. The van der Waals surface area contributed by atoms with E-state index in [1.54, 1.807) is 6.92 Å². The Morgan fingerprint density at radius 2 is 1.71 bits per heavy atom. The smallest absolute Gasteiger partial charge is 0.433 e. The quantitative estimate of drug-likeness (QED) is 0.210. The zero-order chi connectivity index (χ0) is 38.5. The molecular weight excluding hydrogens is 711 g/mol. The van der Waals surface area contributed by atoms with Crippen LogP contribution in [0.5, 0.6) is 11.6 Å². The fourth-order valence-electron chi connectivity index (χ4n) is 10.4. The number of aliphatic hydroxyl groups excluding tert-OH is 3. The van der Waals surface area contributed by atoms with Crippen LogP contribution in [-0.2, 0) is 17.3 Å². The monoisotopic (exact) mass is 765 g/mol. The maximum atomic E-state index is 13.3. The number of piperazine rings is 1. The highest BCUT2D eigenvalue weighted by Crippen LogP contribution is 2.61. The van der Waals surface area contributed by atoms with E-state index in [-0.39, 0.29) is 17.4 Å². The highest BCUT2D eigenvalue weighted by atomic mass is 19.4. The van der Waals surface area contributed by atoms with Crippen molar-refractivity contribution in [1.29, 1.82) is 0 Å². The second-order valence-electron chi connectivity index (χ2n) is 16.7. The molecule has 1 aromatic heterocycles. The molecule has 298 valence electrons. The summed E-state index contributed by atoms with van der Waals surface area (Å²) in [5.74, 6) is 2.60. The van der Waals surface area contributed by atoms with Crippen molar-refractivity contribution in [3.05, 3.63) is 83.0 Å². The van der Waals surface area contributed by atoms with Gasteiger partial charge in [-0.15, -0.1) is 0 Å². The zero-order valence-corrected chi connectivity index (χ0v) is 31.7. The molecule has 9 nitrogen and oxygen atoms in total. The van der Waals surface area contributed by atoms with Crippen LogP contribution in [0, 0.1) is 17.3 Å². The number of aliphatic hydroxyl groups is 3. The van der Waals surface area contributed by atoms with Crippen molar-refractivity contribution in [2.24, 2.45) is 17.3 Å². The molecule has 0 bridgehead atoms. The molecule has 4 fully saturated rings. The first kappa shape index (κ1) is 38.5. The van der Waals surface area contributed by atoms with Gasteiger partial charge < -0.3 is 34.4 Å². The van der Waals surface area contributed by atoms with Crippen LogP contribution in [0.1, 0.15) is 86.8 Å². The molecule has 3 heterocycles. The van der Waals surface area contributed by atoms with E-state index in [2.05, 4.69) is 39.9 Å². The molecule has 3 aromatic rings. The number of fused-ring (bicyclic) bond motifs is 5. The maximum absolute atomic E-state index is 13.3. The summed E-state index contributed by atoms with van der Waals surface area (Å²) in [7, 11) is 0. The summed E-state index contributed by atoms with van der Waals surface area (Å²) in [5, 5.41) is 32.2. The molecule has 12 heteroatoms. The van der Waals surface area contributed by atoms with Crippen LogP contribution >= 0.6 is 0 Å². The summed E-state index contributed by atoms with van der Waals surface area (Å²) in [5.41, 5.74) is 3.66. The number of hydrogen-bond donors (Lipinski definition) is 3. The highest BCUT2D eigenvalue weighted by Gasteiger charge is 2.54. The predicted molar refractivity (Wildman–Crippen MR) is 201 cm³/mol. The normalized spacial score (nSPS) is 33.7. The number of nitrogens with zero attached hydrogens (tertiary/aromatic N) is 3. The zero-order valence-electron chi connectivity index (χ0n) is 31.7. The van der Waals surface area contributed by atoms with Gasteiger partial charge in [0.25, 0.3) is 0 Å². The number of ether oxygens (including phenoxy) is 3. The van der Waals surface area contributed by atoms with E-state index in [0.29, 0.717) is 29.9 Å². The first-order valence-corrected chi connectivity index (χ1v) is 20.1. The van der Waals surface area contributed by atoms with Gasteiger partial charge in [0.05, 0.1) is 18.8 Å². The lowest BCUT2D eigenvalue weighted by Gasteiger charge is -2.50. The van der Waals surface area contributed by atoms with Crippen molar-refractivity contribution in [3.8, 4) is 11.6 Å². The average molecular weight is 766 g/mol. The van der Waals surface area contributed by atoms with Gasteiger partial charge in [-0.25, -0.2) is 4.98 Å². The standard InChI is InChI=1S/C43H54F3N3O6/c1-26-38(51)39(52)41(55-37-6-3-5-35(47-37)43(44,45)46)40(54-26)27-7-10-29(11-8-27)49-22-20-48(21-23-49)19-4-24-53-30-12-14-31-28(25-30)9-13-33-32(31)17-18-42(2)34(33)15-16-36(42)50/h3,5-8,10-12,14,25-26,32-34,36,38-41,50-52H,4,9,13,15-24H2,1-2H3/t26-,32-,33-,34+,36+,38+,39+,40+,41-,42+/m1/s1. The molecule has 0 unspecified atom stereocenters. The van der Waals surface area contributed by atoms with Crippen molar-refractivity contribution in [2.45, 2.75) is 108 Å². The molecule has 2 aliphatic heterocycles.